The monoisotopic (exact) mass is 327 g/mol. The van der Waals surface area contributed by atoms with E-state index in [0.717, 1.165) is 43.3 Å². The Labute approximate surface area is 139 Å². The first-order valence-corrected chi connectivity index (χ1v) is 8.61. The van der Waals surface area contributed by atoms with E-state index in [4.69, 9.17) is 4.74 Å². The summed E-state index contributed by atoms with van der Waals surface area (Å²) in [6.45, 7) is 2.09. The van der Waals surface area contributed by atoms with E-state index in [1.54, 1.807) is 6.20 Å². The van der Waals surface area contributed by atoms with Crippen LogP contribution in [-0.2, 0) is 9.53 Å². The van der Waals surface area contributed by atoms with Crippen molar-refractivity contribution < 1.29 is 9.53 Å². The molecule has 0 saturated carbocycles. The zero-order valence-electron chi connectivity index (χ0n) is 13.5. The van der Waals surface area contributed by atoms with Gasteiger partial charge in [0, 0.05) is 42.9 Å². The van der Waals surface area contributed by atoms with Gasteiger partial charge in [-0.2, -0.15) is 0 Å². The lowest BCUT2D eigenvalue weighted by Gasteiger charge is -2.34. The minimum Gasteiger partial charge on any atom is -0.368 e. The molecule has 1 N–H and O–H groups in total. The average Bonchev–Trinajstić information content (AvgIpc) is 3.16. The van der Waals surface area contributed by atoms with Crippen LogP contribution in [-0.4, -0.2) is 46.6 Å². The fourth-order valence-electron chi connectivity index (χ4n) is 3.74. The molecule has 2 aliphatic heterocycles. The van der Waals surface area contributed by atoms with Crippen LogP contribution in [0.15, 0.2) is 29.2 Å². The van der Waals surface area contributed by atoms with E-state index < -0.39 is 0 Å². The van der Waals surface area contributed by atoms with Gasteiger partial charge in [0.05, 0.1) is 0 Å². The first kappa shape index (κ1) is 15.3. The Balaban J connectivity index is 1.57. The molecule has 0 aromatic carbocycles. The van der Waals surface area contributed by atoms with Crippen LogP contribution in [0.5, 0.6) is 0 Å². The summed E-state index contributed by atoms with van der Waals surface area (Å²) in [6.07, 6.45) is 5.04. The molecule has 4 rings (SSSR count). The molecule has 6 heteroatoms. The van der Waals surface area contributed by atoms with Crippen molar-refractivity contribution in [3.63, 3.8) is 0 Å². The number of H-pyrrole nitrogens is 1. The molecule has 2 saturated heterocycles. The maximum Gasteiger partial charge on any atom is 0.274 e. The van der Waals surface area contributed by atoms with Crippen LogP contribution >= 0.6 is 0 Å². The van der Waals surface area contributed by atoms with Crippen molar-refractivity contribution in [2.24, 2.45) is 0 Å². The molecule has 2 fully saturated rings. The Morgan fingerprint density at radius 2 is 2.25 bits per heavy atom. The zero-order chi connectivity index (χ0) is 16.5. The van der Waals surface area contributed by atoms with Gasteiger partial charge in [-0.3, -0.25) is 14.6 Å². The summed E-state index contributed by atoms with van der Waals surface area (Å²) in [7, 11) is 0. The summed E-state index contributed by atoms with van der Waals surface area (Å²) >= 11 is 0. The summed E-state index contributed by atoms with van der Waals surface area (Å²) in [4.78, 5) is 33.8. The van der Waals surface area contributed by atoms with Crippen LogP contribution in [0.25, 0.3) is 10.9 Å². The molecule has 2 aromatic heterocycles. The number of carbonyl (C=O) groups excluding carboxylic acids is 1. The van der Waals surface area contributed by atoms with Crippen molar-refractivity contribution in [1.29, 1.82) is 0 Å². The predicted molar refractivity (Wildman–Crippen MR) is 89.9 cm³/mol. The van der Waals surface area contributed by atoms with Crippen molar-refractivity contribution in [1.82, 2.24) is 14.9 Å². The summed E-state index contributed by atoms with van der Waals surface area (Å²) in [6, 6.07) is 5.73. The third kappa shape index (κ3) is 2.82. The average molecular weight is 327 g/mol. The van der Waals surface area contributed by atoms with Crippen molar-refractivity contribution in [3.05, 3.63) is 40.4 Å². The van der Waals surface area contributed by atoms with E-state index in [9.17, 15) is 9.59 Å². The first-order chi connectivity index (χ1) is 11.7. The second-order valence-corrected chi connectivity index (χ2v) is 6.62. The van der Waals surface area contributed by atoms with Crippen LogP contribution < -0.4 is 5.56 Å². The lowest BCUT2D eigenvalue weighted by molar-refractivity contribution is -0.142. The van der Waals surface area contributed by atoms with Gasteiger partial charge < -0.3 is 14.6 Å². The fraction of sp³-hybridized carbons (Fsp3) is 0.500. The fourth-order valence-corrected chi connectivity index (χ4v) is 3.74. The summed E-state index contributed by atoms with van der Waals surface area (Å²) in [5, 5.41) is 0.846. The van der Waals surface area contributed by atoms with Crippen LogP contribution in [0.1, 0.15) is 37.3 Å². The van der Waals surface area contributed by atoms with Gasteiger partial charge in [-0.1, -0.05) is 6.07 Å². The number of hydrogen-bond donors (Lipinski definition) is 1. The second-order valence-electron chi connectivity index (χ2n) is 6.62. The minimum absolute atomic E-state index is 0.0991. The topological polar surface area (TPSA) is 75.3 Å². The van der Waals surface area contributed by atoms with E-state index in [-0.39, 0.29) is 23.5 Å². The van der Waals surface area contributed by atoms with E-state index in [1.165, 1.54) is 0 Å². The summed E-state index contributed by atoms with van der Waals surface area (Å²) < 4.78 is 5.53. The first-order valence-electron chi connectivity index (χ1n) is 8.61. The molecule has 6 nitrogen and oxygen atoms in total. The lowest BCUT2D eigenvalue weighted by atomic mass is 9.93. The van der Waals surface area contributed by atoms with E-state index in [0.29, 0.717) is 18.7 Å². The lowest BCUT2D eigenvalue weighted by Crippen LogP contribution is -2.44. The molecule has 0 spiro atoms. The Bertz CT molecular complexity index is 811. The van der Waals surface area contributed by atoms with Crippen LogP contribution in [0, 0.1) is 0 Å². The third-order valence-electron chi connectivity index (χ3n) is 5.00. The number of nitrogens with one attached hydrogen (secondary N) is 1. The molecule has 2 aromatic rings. The molecule has 24 heavy (non-hydrogen) atoms. The molecule has 0 radical (unpaired) electrons. The number of likely N-dealkylation sites (tertiary alicyclic amines) is 1. The molecule has 2 atom stereocenters. The maximum atomic E-state index is 12.6. The number of fused-ring (bicyclic) bond motifs is 1. The largest absolute Gasteiger partial charge is 0.368 e. The van der Waals surface area contributed by atoms with Gasteiger partial charge in [0.25, 0.3) is 11.5 Å². The second kappa shape index (κ2) is 6.36. The number of carbonyl (C=O) groups is 1. The van der Waals surface area contributed by atoms with E-state index in [1.807, 2.05) is 23.1 Å². The molecule has 0 unspecified atom stereocenters. The molecule has 0 bridgehead atoms. The van der Waals surface area contributed by atoms with Gasteiger partial charge in [0.1, 0.15) is 11.6 Å². The van der Waals surface area contributed by atoms with Crippen LogP contribution in [0.3, 0.4) is 0 Å². The van der Waals surface area contributed by atoms with Gasteiger partial charge in [-0.05, 0) is 37.8 Å². The maximum absolute atomic E-state index is 12.6. The van der Waals surface area contributed by atoms with E-state index >= 15 is 0 Å². The number of piperidine rings is 1. The van der Waals surface area contributed by atoms with E-state index in [2.05, 4.69) is 9.97 Å². The number of rotatable bonds is 2. The summed E-state index contributed by atoms with van der Waals surface area (Å²) in [5.41, 5.74) is 1.19. The number of hydrogen-bond acceptors (Lipinski definition) is 4. The number of pyridine rings is 2. The van der Waals surface area contributed by atoms with Crippen LogP contribution in [0.4, 0.5) is 0 Å². The number of nitrogens with zero attached hydrogens (tertiary/aromatic N) is 2. The quantitative estimate of drug-likeness (QED) is 0.913. The normalized spacial score (nSPS) is 24.4. The Hall–Kier alpha value is -2.21. The number of amides is 1. The van der Waals surface area contributed by atoms with Gasteiger partial charge in [0.15, 0.2) is 0 Å². The standard InChI is InChI=1S/C18H21N3O3/c22-17-16-12(4-1-7-19-16)10-14(20-17)13-5-2-8-21(11-13)18(23)15-6-3-9-24-15/h1,4,7,10,13,15H,2-3,5-6,8-9,11H2,(H,20,22)/t13-,15+/m0/s1. The van der Waals surface area contributed by atoms with Gasteiger partial charge in [-0.15, -0.1) is 0 Å². The number of ether oxygens (including phenoxy) is 1. The molecule has 2 aliphatic rings. The SMILES string of the molecule is O=C([C@H]1CCCO1)N1CCC[C@H](c2cc3cccnc3c(=O)[nH]2)C1. The molecule has 126 valence electrons. The highest BCUT2D eigenvalue weighted by Gasteiger charge is 2.32. The highest BCUT2D eigenvalue weighted by Crippen LogP contribution is 2.28. The Morgan fingerprint density at radius 1 is 1.33 bits per heavy atom. The third-order valence-corrected chi connectivity index (χ3v) is 5.00. The molecule has 1 amide bonds. The molecule has 4 heterocycles. The summed E-state index contributed by atoms with van der Waals surface area (Å²) in [5.74, 6) is 0.253. The predicted octanol–water partition coefficient (Wildman–Crippen LogP) is 1.81. The zero-order valence-corrected chi connectivity index (χ0v) is 13.5. The molecule has 0 aliphatic carbocycles. The minimum atomic E-state index is -0.274. The van der Waals surface area contributed by atoms with Crippen LogP contribution in [0.2, 0.25) is 0 Å². The number of aromatic nitrogens is 2. The molecular formula is C18H21N3O3. The van der Waals surface area contributed by atoms with Gasteiger partial charge in [-0.25, -0.2) is 0 Å². The Morgan fingerprint density at radius 3 is 3.08 bits per heavy atom. The van der Waals surface area contributed by atoms with Crippen molar-refractivity contribution in [2.45, 2.75) is 37.7 Å². The van der Waals surface area contributed by atoms with Crippen molar-refractivity contribution in [3.8, 4) is 0 Å². The highest BCUT2D eigenvalue weighted by molar-refractivity contribution is 5.81. The molecular weight excluding hydrogens is 306 g/mol. The highest BCUT2D eigenvalue weighted by atomic mass is 16.5. The smallest absolute Gasteiger partial charge is 0.274 e. The van der Waals surface area contributed by atoms with Gasteiger partial charge in [0.2, 0.25) is 0 Å². The van der Waals surface area contributed by atoms with Crippen molar-refractivity contribution >= 4 is 16.8 Å². The Kier molecular flexibility index (Phi) is 4.06. The van der Waals surface area contributed by atoms with Crippen molar-refractivity contribution in [2.75, 3.05) is 19.7 Å². The number of aromatic amines is 1. The van der Waals surface area contributed by atoms with Gasteiger partial charge >= 0.3 is 0 Å².